The van der Waals surface area contributed by atoms with Crippen molar-refractivity contribution in [2.24, 2.45) is 0 Å². The summed E-state index contributed by atoms with van der Waals surface area (Å²) < 4.78 is 18.5. The molecule has 0 aliphatic rings. The number of nitrogens with zero attached hydrogens (tertiary/aromatic N) is 1. The van der Waals surface area contributed by atoms with E-state index < -0.39 is 0 Å². The van der Waals surface area contributed by atoms with Gasteiger partial charge in [-0.1, -0.05) is 23.7 Å². The van der Waals surface area contributed by atoms with Crippen LogP contribution in [-0.4, -0.2) is 51.0 Å². The lowest BCUT2D eigenvalue weighted by Crippen LogP contribution is -3.08. The van der Waals surface area contributed by atoms with Crippen LogP contribution in [0.15, 0.2) is 42.5 Å². The second kappa shape index (κ2) is 10.1. The lowest BCUT2D eigenvalue weighted by Gasteiger charge is -2.20. The molecule has 2 amide bonds. The number of amides is 2. The number of nitrogens with one attached hydrogen (secondary N) is 2. The summed E-state index contributed by atoms with van der Waals surface area (Å²) in [5.41, 5.74) is 1.24. The Morgan fingerprint density at radius 3 is 2.68 bits per heavy atom. The summed E-state index contributed by atoms with van der Waals surface area (Å²) in [4.78, 5) is 26.9. The van der Waals surface area contributed by atoms with Gasteiger partial charge in [0.05, 0.1) is 26.4 Å². The van der Waals surface area contributed by atoms with Gasteiger partial charge < -0.3 is 19.9 Å². The van der Waals surface area contributed by atoms with E-state index in [4.69, 9.17) is 16.3 Å². The van der Waals surface area contributed by atoms with Gasteiger partial charge in [-0.3, -0.25) is 9.59 Å². The molecule has 150 valence electrons. The van der Waals surface area contributed by atoms with Gasteiger partial charge >= 0.3 is 0 Å². The Bertz CT molecular complexity index is 847. The molecule has 6 nitrogen and oxygen atoms in total. The van der Waals surface area contributed by atoms with Crippen molar-refractivity contribution in [1.29, 1.82) is 0 Å². The SMILES string of the molecule is COc1ccc(Cl)cc1NC(=O)CN(C)C(=O)C[NH+](C)Cc1cccc(F)c1. The van der Waals surface area contributed by atoms with E-state index in [2.05, 4.69) is 5.32 Å². The minimum Gasteiger partial charge on any atom is -0.495 e. The van der Waals surface area contributed by atoms with E-state index in [-0.39, 0.29) is 30.7 Å². The summed E-state index contributed by atoms with van der Waals surface area (Å²) in [6.07, 6.45) is 0. The van der Waals surface area contributed by atoms with E-state index in [1.54, 1.807) is 31.3 Å². The predicted octanol–water partition coefficient (Wildman–Crippen LogP) is 1.60. The smallest absolute Gasteiger partial charge is 0.277 e. The molecular formula is C20H24ClFN3O3+. The molecule has 0 fully saturated rings. The van der Waals surface area contributed by atoms with Gasteiger partial charge in [0, 0.05) is 17.6 Å². The van der Waals surface area contributed by atoms with Crippen LogP contribution in [0, 0.1) is 5.82 Å². The summed E-state index contributed by atoms with van der Waals surface area (Å²) >= 11 is 5.95. The molecule has 0 heterocycles. The number of methoxy groups -OCH3 is 1. The van der Waals surface area contributed by atoms with Crippen LogP contribution in [0.25, 0.3) is 0 Å². The van der Waals surface area contributed by atoms with Crippen molar-refractivity contribution in [1.82, 2.24) is 4.90 Å². The highest BCUT2D eigenvalue weighted by molar-refractivity contribution is 6.31. The van der Waals surface area contributed by atoms with Crippen LogP contribution in [0.4, 0.5) is 10.1 Å². The number of carbonyl (C=O) groups excluding carboxylic acids is 2. The van der Waals surface area contributed by atoms with Crippen LogP contribution in [0.2, 0.25) is 5.02 Å². The van der Waals surface area contributed by atoms with Crippen LogP contribution in [-0.2, 0) is 16.1 Å². The molecule has 2 aromatic carbocycles. The Labute approximate surface area is 168 Å². The topological polar surface area (TPSA) is 63.1 Å². The Balaban J connectivity index is 1.87. The summed E-state index contributed by atoms with van der Waals surface area (Å²) in [5.74, 6) is -0.380. The normalized spacial score (nSPS) is 11.6. The average Bonchev–Trinajstić information content (AvgIpc) is 2.61. The van der Waals surface area contributed by atoms with Crippen LogP contribution in [0.5, 0.6) is 5.75 Å². The molecule has 1 atom stereocenters. The minimum atomic E-state index is -0.362. The first-order chi connectivity index (χ1) is 13.3. The largest absolute Gasteiger partial charge is 0.495 e. The Morgan fingerprint density at radius 2 is 2.00 bits per heavy atom. The van der Waals surface area contributed by atoms with Gasteiger partial charge in [0.15, 0.2) is 6.54 Å². The molecule has 2 rings (SSSR count). The van der Waals surface area contributed by atoms with Crippen LogP contribution in [0.1, 0.15) is 5.56 Å². The fourth-order valence-electron chi connectivity index (χ4n) is 2.72. The fraction of sp³-hybridized carbons (Fsp3) is 0.300. The molecule has 0 saturated heterocycles. The number of hydrogen-bond acceptors (Lipinski definition) is 3. The third kappa shape index (κ3) is 6.51. The number of halogens is 2. The third-order valence-electron chi connectivity index (χ3n) is 4.09. The maximum absolute atomic E-state index is 13.3. The Hall–Kier alpha value is -2.64. The fourth-order valence-corrected chi connectivity index (χ4v) is 2.89. The molecule has 28 heavy (non-hydrogen) atoms. The van der Waals surface area contributed by atoms with E-state index in [9.17, 15) is 14.0 Å². The molecule has 2 aromatic rings. The molecule has 0 aromatic heterocycles. The monoisotopic (exact) mass is 408 g/mol. The van der Waals surface area contributed by atoms with E-state index in [1.165, 1.54) is 24.1 Å². The summed E-state index contributed by atoms with van der Waals surface area (Å²) in [6, 6.07) is 11.2. The zero-order valence-electron chi connectivity index (χ0n) is 16.1. The van der Waals surface area contributed by atoms with Gasteiger partial charge in [-0.2, -0.15) is 0 Å². The van der Waals surface area contributed by atoms with E-state index >= 15 is 0 Å². The first kappa shape index (κ1) is 21.7. The lowest BCUT2D eigenvalue weighted by molar-refractivity contribution is -0.885. The van der Waals surface area contributed by atoms with E-state index in [1.807, 2.05) is 13.1 Å². The van der Waals surface area contributed by atoms with E-state index in [0.29, 0.717) is 23.0 Å². The molecule has 0 aliphatic heterocycles. The highest BCUT2D eigenvalue weighted by Gasteiger charge is 2.18. The Kier molecular flexibility index (Phi) is 7.78. The first-order valence-electron chi connectivity index (χ1n) is 8.71. The first-order valence-corrected chi connectivity index (χ1v) is 9.09. The number of hydrogen-bond donors (Lipinski definition) is 2. The minimum absolute atomic E-state index is 0.109. The molecule has 0 spiro atoms. The van der Waals surface area contributed by atoms with E-state index in [0.717, 1.165) is 10.5 Å². The highest BCUT2D eigenvalue weighted by Crippen LogP contribution is 2.27. The summed E-state index contributed by atoms with van der Waals surface area (Å²) in [5, 5.41) is 3.16. The molecule has 1 unspecified atom stereocenters. The van der Waals surface area contributed by atoms with Gasteiger partial charge in [0.2, 0.25) is 5.91 Å². The van der Waals surface area contributed by atoms with Crippen molar-refractivity contribution in [2.45, 2.75) is 6.54 Å². The second-order valence-electron chi connectivity index (χ2n) is 6.58. The lowest BCUT2D eigenvalue weighted by atomic mass is 10.2. The highest BCUT2D eigenvalue weighted by atomic mass is 35.5. The number of benzene rings is 2. The van der Waals surface area contributed by atoms with Crippen molar-refractivity contribution in [3.8, 4) is 5.75 Å². The van der Waals surface area contributed by atoms with Gasteiger partial charge in [-0.15, -0.1) is 0 Å². The standard InChI is InChI=1S/C20H23ClFN3O3/c1-24(11-14-5-4-6-16(22)9-14)13-20(27)25(2)12-19(26)23-17-10-15(21)7-8-18(17)28-3/h4-10H,11-13H2,1-3H3,(H,23,26)/p+1. The van der Waals surface area contributed by atoms with Gasteiger partial charge in [0.25, 0.3) is 5.91 Å². The van der Waals surface area contributed by atoms with Crippen molar-refractivity contribution >= 4 is 29.1 Å². The van der Waals surface area contributed by atoms with Crippen LogP contribution < -0.4 is 15.0 Å². The molecule has 0 bridgehead atoms. The van der Waals surface area contributed by atoms with Gasteiger partial charge in [-0.05, 0) is 30.3 Å². The quantitative estimate of drug-likeness (QED) is 0.697. The second-order valence-corrected chi connectivity index (χ2v) is 7.02. The van der Waals surface area contributed by atoms with Crippen LogP contribution in [0.3, 0.4) is 0 Å². The zero-order chi connectivity index (χ0) is 20.7. The number of carbonyl (C=O) groups is 2. The number of rotatable bonds is 8. The molecular weight excluding hydrogens is 385 g/mol. The Morgan fingerprint density at radius 1 is 1.25 bits per heavy atom. The number of anilines is 1. The third-order valence-corrected chi connectivity index (χ3v) is 4.33. The maximum atomic E-state index is 13.3. The number of ether oxygens (including phenoxy) is 1. The van der Waals surface area contributed by atoms with Gasteiger partial charge in [-0.25, -0.2) is 4.39 Å². The summed E-state index contributed by atoms with van der Waals surface area (Å²) in [6.45, 7) is 0.575. The molecule has 2 N–H and O–H groups in total. The maximum Gasteiger partial charge on any atom is 0.277 e. The van der Waals surface area contributed by atoms with Crippen molar-refractivity contribution in [3.63, 3.8) is 0 Å². The summed E-state index contributed by atoms with van der Waals surface area (Å²) in [7, 11) is 4.89. The van der Waals surface area contributed by atoms with Crippen molar-refractivity contribution in [2.75, 3.05) is 39.6 Å². The molecule has 0 saturated carbocycles. The van der Waals surface area contributed by atoms with Crippen molar-refractivity contribution in [3.05, 3.63) is 58.9 Å². The number of likely N-dealkylation sites (N-methyl/N-ethyl adjacent to an activating group) is 2. The predicted molar refractivity (Wildman–Crippen MR) is 106 cm³/mol. The van der Waals surface area contributed by atoms with Gasteiger partial charge in [0.1, 0.15) is 18.1 Å². The molecule has 0 aliphatic carbocycles. The average molecular weight is 409 g/mol. The van der Waals surface area contributed by atoms with Crippen molar-refractivity contribution < 1.29 is 23.6 Å². The molecule has 0 radical (unpaired) electrons. The number of quaternary nitrogens is 1. The van der Waals surface area contributed by atoms with Crippen LogP contribution >= 0.6 is 11.6 Å². The molecule has 8 heteroatoms. The zero-order valence-corrected chi connectivity index (χ0v) is 16.8.